The first-order chi connectivity index (χ1) is 5.90. The minimum atomic E-state index is 0.660. The fourth-order valence-electron chi connectivity index (χ4n) is 0.944. The molecule has 2 aromatic heterocycles. The second-order valence-electron chi connectivity index (χ2n) is 2.26. The van der Waals surface area contributed by atoms with E-state index in [1.54, 1.807) is 12.4 Å². The third kappa shape index (κ3) is 1.25. The van der Waals surface area contributed by atoms with Crippen LogP contribution in [0.25, 0.3) is 10.2 Å². The summed E-state index contributed by atoms with van der Waals surface area (Å²) in [6, 6.07) is 1.88. The number of aromatic nitrogens is 2. The van der Waals surface area contributed by atoms with Crippen molar-refractivity contribution in [1.29, 1.82) is 0 Å². The third-order valence-electron chi connectivity index (χ3n) is 1.44. The number of rotatable bonds is 2. The van der Waals surface area contributed by atoms with E-state index in [9.17, 15) is 0 Å². The van der Waals surface area contributed by atoms with Crippen LogP contribution in [-0.2, 0) is 0 Å². The zero-order chi connectivity index (χ0) is 8.39. The number of pyridine rings is 1. The van der Waals surface area contributed by atoms with E-state index in [4.69, 9.17) is 4.74 Å². The summed E-state index contributed by atoms with van der Waals surface area (Å²) in [5.74, 6) is 0. The van der Waals surface area contributed by atoms with Crippen LogP contribution in [0.4, 0.5) is 0 Å². The SMILES string of the molecule is CCOc1nc2ccncc2s1. The largest absolute Gasteiger partial charge is 0.470 e. The van der Waals surface area contributed by atoms with Crippen molar-refractivity contribution in [3.8, 4) is 5.19 Å². The topological polar surface area (TPSA) is 35.0 Å². The Morgan fingerprint density at radius 2 is 2.50 bits per heavy atom. The number of hydrogen-bond acceptors (Lipinski definition) is 4. The summed E-state index contributed by atoms with van der Waals surface area (Å²) in [6.07, 6.45) is 3.54. The lowest BCUT2D eigenvalue weighted by Crippen LogP contribution is -1.88. The van der Waals surface area contributed by atoms with E-state index in [2.05, 4.69) is 9.97 Å². The van der Waals surface area contributed by atoms with Crippen molar-refractivity contribution in [3.63, 3.8) is 0 Å². The van der Waals surface area contributed by atoms with Crippen LogP contribution in [0, 0.1) is 0 Å². The van der Waals surface area contributed by atoms with Gasteiger partial charge in [-0.1, -0.05) is 11.3 Å². The zero-order valence-electron chi connectivity index (χ0n) is 6.65. The molecule has 0 aliphatic rings. The molecular weight excluding hydrogens is 172 g/mol. The van der Waals surface area contributed by atoms with Gasteiger partial charge in [0.25, 0.3) is 5.19 Å². The van der Waals surface area contributed by atoms with Crippen LogP contribution >= 0.6 is 11.3 Å². The normalized spacial score (nSPS) is 10.4. The van der Waals surface area contributed by atoms with Crippen LogP contribution in [-0.4, -0.2) is 16.6 Å². The summed E-state index contributed by atoms with van der Waals surface area (Å²) >= 11 is 1.53. The highest BCUT2D eigenvalue weighted by Crippen LogP contribution is 2.26. The minimum absolute atomic E-state index is 0.660. The van der Waals surface area contributed by atoms with Crippen LogP contribution in [0.15, 0.2) is 18.5 Å². The first kappa shape index (κ1) is 7.49. The Morgan fingerprint density at radius 3 is 3.25 bits per heavy atom. The van der Waals surface area contributed by atoms with Gasteiger partial charge >= 0.3 is 0 Å². The monoisotopic (exact) mass is 180 g/mol. The molecule has 0 fully saturated rings. The van der Waals surface area contributed by atoms with Gasteiger partial charge in [0.15, 0.2) is 0 Å². The molecule has 12 heavy (non-hydrogen) atoms. The van der Waals surface area contributed by atoms with E-state index < -0.39 is 0 Å². The lowest BCUT2D eigenvalue weighted by molar-refractivity contribution is 0.339. The van der Waals surface area contributed by atoms with Gasteiger partial charge in [0.05, 0.1) is 16.8 Å². The van der Waals surface area contributed by atoms with Crippen molar-refractivity contribution in [1.82, 2.24) is 9.97 Å². The number of hydrogen-bond donors (Lipinski definition) is 0. The Hall–Kier alpha value is -1.16. The fraction of sp³-hybridized carbons (Fsp3) is 0.250. The Kier molecular flexibility index (Phi) is 1.91. The molecule has 0 saturated heterocycles. The molecule has 0 aromatic carbocycles. The van der Waals surface area contributed by atoms with E-state index in [1.165, 1.54) is 11.3 Å². The maximum absolute atomic E-state index is 5.27. The minimum Gasteiger partial charge on any atom is -0.470 e. The number of fused-ring (bicyclic) bond motifs is 1. The van der Waals surface area contributed by atoms with E-state index in [0.29, 0.717) is 6.61 Å². The Morgan fingerprint density at radius 1 is 1.58 bits per heavy atom. The molecule has 0 radical (unpaired) electrons. The van der Waals surface area contributed by atoms with Gasteiger partial charge in [-0.2, -0.15) is 0 Å². The predicted molar refractivity (Wildman–Crippen MR) is 48.6 cm³/mol. The molecule has 0 aliphatic carbocycles. The molecule has 0 atom stereocenters. The summed E-state index contributed by atoms with van der Waals surface area (Å²) in [5, 5.41) is 0.723. The zero-order valence-corrected chi connectivity index (χ0v) is 7.47. The summed E-state index contributed by atoms with van der Waals surface area (Å²) in [7, 11) is 0. The first-order valence-electron chi connectivity index (χ1n) is 3.73. The van der Waals surface area contributed by atoms with Gasteiger partial charge in [-0.25, -0.2) is 4.98 Å². The lowest BCUT2D eigenvalue weighted by atomic mass is 10.4. The molecule has 0 aliphatic heterocycles. The molecule has 62 valence electrons. The van der Waals surface area contributed by atoms with Gasteiger partial charge in [0.1, 0.15) is 0 Å². The Labute approximate surface area is 74.0 Å². The van der Waals surface area contributed by atoms with Gasteiger partial charge < -0.3 is 4.74 Å². The Balaban J connectivity index is 2.47. The number of thiazole rings is 1. The van der Waals surface area contributed by atoms with Gasteiger partial charge in [-0.05, 0) is 13.0 Å². The van der Waals surface area contributed by atoms with Crippen molar-refractivity contribution in [2.75, 3.05) is 6.61 Å². The van der Waals surface area contributed by atoms with Crippen molar-refractivity contribution in [2.45, 2.75) is 6.92 Å². The number of ether oxygens (including phenoxy) is 1. The van der Waals surface area contributed by atoms with Crippen molar-refractivity contribution in [2.24, 2.45) is 0 Å². The van der Waals surface area contributed by atoms with E-state index in [1.807, 2.05) is 13.0 Å². The molecule has 3 nitrogen and oxygen atoms in total. The van der Waals surface area contributed by atoms with E-state index in [0.717, 1.165) is 15.4 Å². The summed E-state index contributed by atoms with van der Waals surface area (Å²) < 4.78 is 6.34. The van der Waals surface area contributed by atoms with Gasteiger partial charge in [0.2, 0.25) is 0 Å². The van der Waals surface area contributed by atoms with Crippen molar-refractivity contribution in [3.05, 3.63) is 18.5 Å². The molecule has 0 unspecified atom stereocenters. The van der Waals surface area contributed by atoms with Crippen LogP contribution in [0.3, 0.4) is 0 Å². The third-order valence-corrected chi connectivity index (χ3v) is 2.36. The molecule has 0 saturated carbocycles. The van der Waals surface area contributed by atoms with E-state index in [-0.39, 0.29) is 0 Å². The lowest BCUT2D eigenvalue weighted by Gasteiger charge is -1.92. The average molecular weight is 180 g/mol. The highest BCUT2D eigenvalue weighted by atomic mass is 32.1. The van der Waals surface area contributed by atoms with Gasteiger partial charge in [-0.3, -0.25) is 4.98 Å². The summed E-state index contributed by atoms with van der Waals surface area (Å²) in [5.41, 5.74) is 0.957. The second kappa shape index (κ2) is 3.06. The molecular formula is C8H8N2OS. The van der Waals surface area contributed by atoms with Gasteiger partial charge in [0, 0.05) is 12.4 Å². The van der Waals surface area contributed by atoms with Crippen LogP contribution in [0.5, 0.6) is 5.19 Å². The highest BCUT2D eigenvalue weighted by Gasteiger charge is 2.02. The van der Waals surface area contributed by atoms with Crippen LogP contribution in [0.1, 0.15) is 6.92 Å². The molecule has 2 aromatic rings. The molecule has 0 N–H and O–H groups in total. The quantitative estimate of drug-likeness (QED) is 0.709. The standard InChI is InChI=1S/C8H8N2OS/c1-2-11-8-10-6-3-4-9-5-7(6)12-8/h3-5H,2H2,1H3. The van der Waals surface area contributed by atoms with Gasteiger partial charge in [-0.15, -0.1) is 0 Å². The predicted octanol–water partition coefficient (Wildman–Crippen LogP) is 2.09. The molecule has 0 spiro atoms. The number of nitrogens with zero attached hydrogens (tertiary/aromatic N) is 2. The fourth-order valence-corrected chi connectivity index (χ4v) is 1.78. The van der Waals surface area contributed by atoms with Crippen LogP contribution < -0.4 is 4.74 Å². The van der Waals surface area contributed by atoms with Crippen molar-refractivity contribution < 1.29 is 4.74 Å². The maximum atomic E-state index is 5.27. The second-order valence-corrected chi connectivity index (χ2v) is 3.25. The molecule has 2 rings (SSSR count). The Bertz CT molecular complexity index is 352. The van der Waals surface area contributed by atoms with Crippen LogP contribution in [0.2, 0.25) is 0 Å². The first-order valence-corrected chi connectivity index (χ1v) is 4.55. The summed E-state index contributed by atoms with van der Waals surface area (Å²) in [6.45, 7) is 2.61. The molecule has 0 bridgehead atoms. The molecule has 0 amide bonds. The highest BCUT2D eigenvalue weighted by molar-refractivity contribution is 7.20. The summed E-state index contributed by atoms with van der Waals surface area (Å²) in [4.78, 5) is 8.26. The maximum Gasteiger partial charge on any atom is 0.274 e. The smallest absolute Gasteiger partial charge is 0.274 e. The molecule has 4 heteroatoms. The molecule has 2 heterocycles. The van der Waals surface area contributed by atoms with Crippen molar-refractivity contribution >= 4 is 21.6 Å². The average Bonchev–Trinajstić information content (AvgIpc) is 2.47. The van der Waals surface area contributed by atoms with E-state index >= 15 is 0 Å².